The Bertz CT molecular complexity index is 79.8. The van der Waals surface area contributed by atoms with Gasteiger partial charge in [-0.1, -0.05) is 6.58 Å². The van der Waals surface area contributed by atoms with Gasteiger partial charge in [0.1, 0.15) is 0 Å². The van der Waals surface area contributed by atoms with Crippen LogP contribution in [0.25, 0.3) is 0 Å². The van der Waals surface area contributed by atoms with Crippen molar-refractivity contribution >= 4 is 6.09 Å². The van der Waals surface area contributed by atoms with E-state index >= 15 is 0 Å². The summed E-state index contributed by atoms with van der Waals surface area (Å²) in [7, 11) is 1.48. The predicted octanol–water partition coefficient (Wildman–Crippen LogP) is 0.486. The van der Waals surface area contributed by atoms with E-state index < -0.39 is 6.09 Å². The van der Waals surface area contributed by atoms with Crippen molar-refractivity contribution in [1.82, 2.24) is 5.32 Å². The van der Waals surface area contributed by atoms with Gasteiger partial charge in [0.05, 0.1) is 6.26 Å². The molecule has 7 heavy (non-hydrogen) atoms. The maximum Gasteiger partial charge on any atom is 0.411 e. The molecule has 1 N–H and O–H groups in total. The Labute approximate surface area is 42.0 Å². The summed E-state index contributed by atoms with van der Waals surface area (Å²) < 4.78 is 4.20. The van der Waals surface area contributed by atoms with Crippen LogP contribution in [0.4, 0.5) is 4.79 Å². The molecule has 3 nitrogen and oxygen atoms in total. The second kappa shape index (κ2) is 3.21. The third kappa shape index (κ3) is 2.82. The van der Waals surface area contributed by atoms with Crippen LogP contribution in [0.5, 0.6) is 0 Å². The van der Waals surface area contributed by atoms with Crippen LogP contribution in [0.15, 0.2) is 12.8 Å². The number of nitrogens with one attached hydrogen (secondary N) is 1. The molecule has 0 saturated carbocycles. The van der Waals surface area contributed by atoms with Crippen LogP contribution < -0.4 is 5.32 Å². The monoisotopic (exact) mass is 101 g/mol. The lowest BCUT2D eigenvalue weighted by atomic mass is 11.0. The molecule has 0 aromatic carbocycles. The van der Waals surface area contributed by atoms with Crippen molar-refractivity contribution in [1.29, 1.82) is 0 Å². The van der Waals surface area contributed by atoms with E-state index in [0.29, 0.717) is 0 Å². The van der Waals surface area contributed by atoms with Crippen molar-refractivity contribution in [3.8, 4) is 0 Å². The molecule has 0 saturated heterocycles. The standard InChI is InChI=1S/C4H7NO2/c1-3-7-4(6)5-2/h3H,1H2,2H3,(H,5,6). The number of ether oxygens (including phenoxy) is 1. The average Bonchev–Trinajstić information content (AvgIpc) is 1.68. The molecule has 40 valence electrons. The van der Waals surface area contributed by atoms with E-state index in [9.17, 15) is 4.79 Å². The van der Waals surface area contributed by atoms with Crippen molar-refractivity contribution in [2.24, 2.45) is 0 Å². The molecule has 0 aliphatic carbocycles. The van der Waals surface area contributed by atoms with E-state index in [2.05, 4.69) is 16.6 Å². The highest BCUT2D eigenvalue weighted by atomic mass is 16.5. The number of alkyl carbamates (subject to hydrolysis) is 1. The molecule has 0 spiro atoms. The fourth-order valence-electron chi connectivity index (χ4n) is 0.135. The molecule has 0 unspecified atom stereocenters. The van der Waals surface area contributed by atoms with E-state index in [0.717, 1.165) is 6.26 Å². The number of amides is 1. The van der Waals surface area contributed by atoms with Gasteiger partial charge in [-0.3, -0.25) is 0 Å². The van der Waals surface area contributed by atoms with Crippen molar-refractivity contribution in [2.45, 2.75) is 0 Å². The normalized spacial score (nSPS) is 7.00. The maximum absolute atomic E-state index is 10.0. The Balaban J connectivity index is 3.17. The highest BCUT2D eigenvalue weighted by Crippen LogP contribution is 1.71. The van der Waals surface area contributed by atoms with Gasteiger partial charge >= 0.3 is 6.09 Å². The maximum atomic E-state index is 10.0. The lowest BCUT2D eigenvalue weighted by molar-refractivity contribution is 0.188. The second-order valence-corrected chi connectivity index (χ2v) is 0.822. The topological polar surface area (TPSA) is 38.3 Å². The fraction of sp³-hybridized carbons (Fsp3) is 0.250. The highest BCUT2D eigenvalue weighted by Gasteiger charge is 1.87. The van der Waals surface area contributed by atoms with Crippen LogP contribution in [0.1, 0.15) is 0 Å². The third-order valence-corrected chi connectivity index (χ3v) is 0.394. The molecule has 0 radical (unpaired) electrons. The van der Waals surface area contributed by atoms with Gasteiger partial charge in [0.2, 0.25) is 0 Å². The minimum absolute atomic E-state index is 0.491. The molecule has 0 fully saturated rings. The summed E-state index contributed by atoms with van der Waals surface area (Å²) >= 11 is 0. The molecule has 0 aliphatic heterocycles. The molecule has 0 rings (SSSR count). The van der Waals surface area contributed by atoms with Gasteiger partial charge in [-0.25, -0.2) is 4.79 Å². The Morgan fingerprint density at radius 2 is 2.57 bits per heavy atom. The SMILES string of the molecule is C=COC(=O)NC. The average molecular weight is 101 g/mol. The van der Waals surface area contributed by atoms with Crippen molar-refractivity contribution in [2.75, 3.05) is 7.05 Å². The fourth-order valence-corrected chi connectivity index (χ4v) is 0.135. The van der Waals surface area contributed by atoms with E-state index in [-0.39, 0.29) is 0 Å². The van der Waals surface area contributed by atoms with Gasteiger partial charge in [0, 0.05) is 7.05 Å². The van der Waals surface area contributed by atoms with Crippen LogP contribution in [0.3, 0.4) is 0 Å². The largest absolute Gasteiger partial charge is 0.419 e. The van der Waals surface area contributed by atoms with Gasteiger partial charge in [-0.2, -0.15) is 0 Å². The molecule has 0 heterocycles. The number of hydrogen-bond donors (Lipinski definition) is 1. The summed E-state index contributed by atoms with van der Waals surface area (Å²) in [5, 5.41) is 2.23. The molecule has 0 aromatic rings. The van der Waals surface area contributed by atoms with Crippen molar-refractivity contribution in [3.05, 3.63) is 12.8 Å². The van der Waals surface area contributed by atoms with Gasteiger partial charge in [0.25, 0.3) is 0 Å². The molecular formula is C4H7NO2. The Morgan fingerprint density at radius 3 is 2.71 bits per heavy atom. The Morgan fingerprint density at radius 1 is 2.00 bits per heavy atom. The Kier molecular flexibility index (Phi) is 2.76. The summed E-state index contributed by atoms with van der Waals surface area (Å²) in [4.78, 5) is 10.0. The molecular weight excluding hydrogens is 94.0 g/mol. The third-order valence-electron chi connectivity index (χ3n) is 0.394. The van der Waals surface area contributed by atoms with Gasteiger partial charge < -0.3 is 10.1 Å². The molecule has 0 aromatic heterocycles. The number of hydrogen-bond acceptors (Lipinski definition) is 2. The van der Waals surface area contributed by atoms with Crippen molar-refractivity contribution in [3.63, 3.8) is 0 Å². The van der Waals surface area contributed by atoms with Crippen LogP contribution >= 0.6 is 0 Å². The van der Waals surface area contributed by atoms with Crippen LogP contribution in [-0.4, -0.2) is 13.1 Å². The van der Waals surface area contributed by atoms with Gasteiger partial charge in [-0.15, -0.1) is 0 Å². The van der Waals surface area contributed by atoms with Gasteiger partial charge in [-0.05, 0) is 0 Å². The van der Waals surface area contributed by atoms with Crippen LogP contribution in [0.2, 0.25) is 0 Å². The van der Waals surface area contributed by atoms with Crippen LogP contribution in [0, 0.1) is 0 Å². The van der Waals surface area contributed by atoms with E-state index in [1.54, 1.807) is 0 Å². The van der Waals surface area contributed by atoms with Crippen molar-refractivity contribution < 1.29 is 9.53 Å². The molecule has 3 heteroatoms. The predicted molar refractivity (Wildman–Crippen MR) is 25.7 cm³/mol. The zero-order chi connectivity index (χ0) is 5.70. The number of rotatable bonds is 1. The first-order chi connectivity index (χ1) is 3.31. The quantitative estimate of drug-likeness (QED) is 0.488. The zero-order valence-corrected chi connectivity index (χ0v) is 4.10. The first-order valence-corrected chi connectivity index (χ1v) is 1.80. The van der Waals surface area contributed by atoms with E-state index in [4.69, 9.17) is 0 Å². The second-order valence-electron chi connectivity index (χ2n) is 0.822. The van der Waals surface area contributed by atoms with Crippen LogP contribution in [-0.2, 0) is 4.74 Å². The number of carbonyl (C=O) groups is 1. The molecule has 1 amide bonds. The number of carbonyl (C=O) groups excluding carboxylic acids is 1. The van der Waals surface area contributed by atoms with E-state index in [1.165, 1.54) is 7.05 Å². The summed E-state index contributed by atoms with van der Waals surface area (Å²) in [5.74, 6) is 0. The first kappa shape index (κ1) is 6.01. The minimum atomic E-state index is -0.491. The first-order valence-electron chi connectivity index (χ1n) is 1.80. The molecule has 0 atom stereocenters. The van der Waals surface area contributed by atoms with Gasteiger partial charge in [0.15, 0.2) is 0 Å². The highest BCUT2D eigenvalue weighted by molar-refractivity contribution is 5.67. The summed E-state index contributed by atoms with van der Waals surface area (Å²) in [6.07, 6.45) is 0.578. The lowest BCUT2D eigenvalue weighted by Gasteiger charge is -1.91. The summed E-state index contributed by atoms with van der Waals surface area (Å²) in [5.41, 5.74) is 0. The molecule has 0 bridgehead atoms. The summed E-state index contributed by atoms with van der Waals surface area (Å²) in [6.45, 7) is 3.17. The smallest absolute Gasteiger partial charge is 0.411 e. The summed E-state index contributed by atoms with van der Waals surface area (Å²) in [6, 6.07) is 0. The van der Waals surface area contributed by atoms with E-state index in [1.807, 2.05) is 0 Å². The molecule has 0 aliphatic rings. The minimum Gasteiger partial charge on any atom is -0.419 e. The lowest BCUT2D eigenvalue weighted by Crippen LogP contribution is -2.16. The zero-order valence-electron chi connectivity index (χ0n) is 4.10. The Hall–Kier alpha value is -0.990.